The summed E-state index contributed by atoms with van der Waals surface area (Å²) in [5, 5.41) is 0. The van der Waals surface area contributed by atoms with Crippen LogP contribution in [0, 0.1) is 5.92 Å². The summed E-state index contributed by atoms with van der Waals surface area (Å²) in [5.41, 5.74) is 0.481. The summed E-state index contributed by atoms with van der Waals surface area (Å²) in [4.78, 5) is 35.1. The van der Waals surface area contributed by atoms with E-state index in [2.05, 4.69) is 9.97 Å². The smallest absolute Gasteiger partial charge is 0.245 e. The van der Waals surface area contributed by atoms with E-state index in [0.717, 1.165) is 12.8 Å². The van der Waals surface area contributed by atoms with E-state index in [1.165, 1.54) is 0 Å². The lowest BCUT2D eigenvalue weighted by Gasteiger charge is -2.33. The van der Waals surface area contributed by atoms with Crippen LogP contribution in [0.3, 0.4) is 0 Å². The first kappa shape index (κ1) is 15.4. The second kappa shape index (κ2) is 6.73. The number of hydrogen-bond acceptors (Lipinski definition) is 4. The zero-order valence-electron chi connectivity index (χ0n) is 13.1. The molecule has 120 valence electrons. The maximum Gasteiger partial charge on any atom is 0.245 e. The largest absolute Gasteiger partial charge is 0.340 e. The van der Waals surface area contributed by atoms with Crippen molar-refractivity contribution in [2.75, 3.05) is 13.1 Å². The van der Waals surface area contributed by atoms with E-state index in [4.69, 9.17) is 0 Å². The highest BCUT2D eigenvalue weighted by Gasteiger charge is 2.31. The second-order valence-electron chi connectivity index (χ2n) is 5.89. The van der Waals surface area contributed by atoms with Gasteiger partial charge in [0.15, 0.2) is 5.78 Å². The van der Waals surface area contributed by atoms with Gasteiger partial charge in [-0.05, 0) is 31.9 Å². The molecule has 1 amide bonds. The third kappa shape index (κ3) is 3.31. The average Bonchev–Trinajstić information content (AvgIpc) is 3.15. The van der Waals surface area contributed by atoms with E-state index in [-0.39, 0.29) is 23.7 Å². The molecule has 0 aliphatic carbocycles. The van der Waals surface area contributed by atoms with Gasteiger partial charge in [-0.3, -0.25) is 14.6 Å². The first-order valence-electron chi connectivity index (χ1n) is 7.88. The standard InChI is InChI=1S/C17H20N4O2/c1-13(21-10-8-18-12-21)17(23)20-9-4-5-14(11-20)16(22)15-6-2-3-7-19-15/h2-3,6-8,10,12-14H,4-5,9,11H2,1H3/t13-,14-/m1/s1. The summed E-state index contributed by atoms with van der Waals surface area (Å²) >= 11 is 0. The second-order valence-corrected chi connectivity index (χ2v) is 5.89. The lowest BCUT2D eigenvalue weighted by atomic mass is 9.91. The fraction of sp³-hybridized carbons (Fsp3) is 0.412. The molecule has 0 saturated carbocycles. The molecule has 0 N–H and O–H groups in total. The van der Waals surface area contributed by atoms with Crippen molar-refractivity contribution in [1.82, 2.24) is 19.4 Å². The molecule has 0 unspecified atom stereocenters. The molecule has 3 rings (SSSR count). The van der Waals surface area contributed by atoms with Crippen molar-refractivity contribution in [1.29, 1.82) is 0 Å². The molecule has 1 aliphatic heterocycles. The van der Waals surface area contributed by atoms with Crippen LogP contribution >= 0.6 is 0 Å². The number of hydrogen-bond donors (Lipinski definition) is 0. The molecule has 1 saturated heterocycles. The molecule has 6 heteroatoms. The van der Waals surface area contributed by atoms with Crippen LogP contribution in [0.4, 0.5) is 0 Å². The normalized spacial score (nSPS) is 19.3. The number of amides is 1. The number of carbonyl (C=O) groups is 2. The Hall–Kier alpha value is -2.50. The molecule has 2 aromatic heterocycles. The molecule has 0 bridgehead atoms. The molecule has 0 aromatic carbocycles. The van der Waals surface area contributed by atoms with Crippen molar-refractivity contribution in [2.24, 2.45) is 5.92 Å². The number of pyridine rings is 1. The molecule has 23 heavy (non-hydrogen) atoms. The fourth-order valence-corrected chi connectivity index (χ4v) is 3.00. The Morgan fingerprint density at radius 2 is 2.17 bits per heavy atom. The number of Topliss-reactive ketones (excluding diaryl/α,β-unsaturated/α-hetero) is 1. The van der Waals surface area contributed by atoms with Gasteiger partial charge in [-0.2, -0.15) is 0 Å². The van der Waals surface area contributed by atoms with E-state index in [1.54, 1.807) is 46.5 Å². The molecule has 1 fully saturated rings. The first-order valence-corrected chi connectivity index (χ1v) is 7.88. The fourth-order valence-electron chi connectivity index (χ4n) is 3.00. The molecule has 2 atom stereocenters. The molecular formula is C17H20N4O2. The van der Waals surface area contributed by atoms with Crippen molar-refractivity contribution in [3.05, 3.63) is 48.8 Å². The van der Waals surface area contributed by atoms with Crippen molar-refractivity contribution in [3.8, 4) is 0 Å². The molecule has 0 spiro atoms. The molecule has 3 heterocycles. The monoisotopic (exact) mass is 312 g/mol. The van der Waals surface area contributed by atoms with E-state index in [1.807, 2.05) is 13.0 Å². The summed E-state index contributed by atoms with van der Waals surface area (Å²) in [5.74, 6) is -0.113. The van der Waals surface area contributed by atoms with Crippen LogP contribution < -0.4 is 0 Å². The van der Waals surface area contributed by atoms with Gasteiger partial charge in [0.1, 0.15) is 11.7 Å². The molecular weight excluding hydrogens is 292 g/mol. The predicted octanol–water partition coefficient (Wildman–Crippen LogP) is 1.96. The average molecular weight is 312 g/mol. The first-order chi connectivity index (χ1) is 11.2. The summed E-state index contributed by atoms with van der Waals surface area (Å²) in [6.07, 6.45) is 8.35. The highest BCUT2D eigenvalue weighted by molar-refractivity contribution is 5.96. The van der Waals surface area contributed by atoms with Crippen LogP contribution in [-0.2, 0) is 4.79 Å². The Labute approximate surface area is 135 Å². The zero-order valence-corrected chi connectivity index (χ0v) is 13.1. The van der Waals surface area contributed by atoms with E-state index < -0.39 is 0 Å². The minimum atomic E-state index is -0.304. The number of rotatable bonds is 4. The van der Waals surface area contributed by atoms with Gasteiger partial charge in [0.25, 0.3) is 0 Å². The SMILES string of the molecule is C[C@H](C(=O)N1CCC[C@@H](C(=O)c2ccccn2)C1)n1ccnc1. The van der Waals surface area contributed by atoms with Crippen molar-refractivity contribution < 1.29 is 9.59 Å². The molecule has 1 aliphatic rings. The van der Waals surface area contributed by atoms with Gasteiger partial charge in [0.2, 0.25) is 5.91 Å². The van der Waals surface area contributed by atoms with E-state index in [0.29, 0.717) is 18.8 Å². The lowest BCUT2D eigenvalue weighted by molar-refractivity contribution is -0.135. The maximum atomic E-state index is 12.7. The summed E-state index contributed by atoms with van der Waals surface area (Å²) < 4.78 is 1.78. The van der Waals surface area contributed by atoms with E-state index in [9.17, 15) is 9.59 Å². The molecule has 6 nitrogen and oxygen atoms in total. The Bertz CT molecular complexity index is 669. The summed E-state index contributed by atoms with van der Waals surface area (Å²) in [6.45, 7) is 3.02. The van der Waals surface area contributed by atoms with Gasteiger partial charge < -0.3 is 9.47 Å². The van der Waals surface area contributed by atoms with Crippen LogP contribution in [-0.4, -0.2) is 44.2 Å². The zero-order chi connectivity index (χ0) is 16.2. The van der Waals surface area contributed by atoms with Crippen molar-refractivity contribution in [2.45, 2.75) is 25.8 Å². The van der Waals surface area contributed by atoms with Gasteiger partial charge in [-0.15, -0.1) is 0 Å². The highest BCUT2D eigenvalue weighted by Crippen LogP contribution is 2.22. The molecule has 0 radical (unpaired) electrons. The van der Waals surface area contributed by atoms with Crippen LogP contribution in [0.25, 0.3) is 0 Å². The van der Waals surface area contributed by atoms with Crippen LogP contribution in [0.15, 0.2) is 43.1 Å². The predicted molar refractivity (Wildman–Crippen MR) is 84.8 cm³/mol. The number of piperidine rings is 1. The summed E-state index contributed by atoms with van der Waals surface area (Å²) in [6, 6.07) is 5.03. The van der Waals surface area contributed by atoms with Gasteiger partial charge in [-0.25, -0.2) is 4.98 Å². The van der Waals surface area contributed by atoms with Crippen molar-refractivity contribution >= 4 is 11.7 Å². The Morgan fingerprint density at radius 1 is 1.30 bits per heavy atom. The topological polar surface area (TPSA) is 68.1 Å². The van der Waals surface area contributed by atoms with Gasteiger partial charge in [0.05, 0.1) is 6.33 Å². The number of aromatic nitrogens is 3. The Kier molecular flexibility index (Phi) is 4.50. The number of ketones is 1. The number of imidazole rings is 1. The van der Waals surface area contributed by atoms with Gasteiger partial charge >= 0.3 is 0 Å². The third-order valence-electron chi connectivity index (χ3n) is 4.35. The third-order valence-corrected chi connectivity index (χ3v) is 4.35. The Balaban J connectivity index is 1.68. The number of carbonyl (C=O) groups excluding carboxylic acids is 2. The number of nitrogens with zero attached hydrogens (tertiary/aromatic N) is 4. The van der Waals surface area contributed by atoms with Crippen LogP contribution in [0.1, 0.15) is 36.3 Å². The highest BCUT2D eigenvalue weighted by atomic mass is 16.2. The quantitative estimate of drug-likeness (QED) is 0.809. The van der Waals surface area contributed by atoms with Crippen LogP contribution in [0.2, 0.25) is 0 Å². The number of likely N-dealkylation sites (tertiary alicyclic amines) is 1. The van der Waals surface area contributed by atoms with E-state index >= 15 is 0 Å². The Morgan fingerprint density at radius 3 is 2.87 bits per heavy atom. The molecule has 2 aromatic rings. The van der Waals surface area contributed by atoms with Crippen molar-refractivity contribution in [3.63, 3.8) is 0 Å². The minimum absolute atomic E-state index is 0.0263. The maximum absolute atomic E-state index is 12.7. The summed E-state index contributed by atoms with van der Waals surface area (Å²) in [7, 11) is 0. The van der Waals surface area contributed by atoms with Gasteiger partial charge in [0, 0.05) is 37.6 Å². The van der Waals surface area contributed by atoms with Crippen LogP contribution in [0.5, 0.6) is 0 Å². The lowest BCUT2D eigenvalue weighted by Crippen LogP contribution is -2.44. The minimum Gasteiger partial charge on any atom is -0.340 e. The van der Waals surface area contributed by atoms with Gasteiger partial charge in [-0.1, -0.05) is 6.07 Å².